The second-order valence-electron chi connectivity index (χ2n) is 7.52. The molecule has 4 aromatic rings. The Morgan fingerprint density at radius 3 is 2.32 bits per heavy atom. The quantitative estimate of drug-likeness (QED) is 0.305. The third kappa shape index (κ3) is 3.84. The van der Waals surface area contributed by atoms with Crippen molar-refractivity contribution in [2.24, 2.45) is 10.2 Å². The maximum atomic E-state index is 12.8. The highest BCUT2D eigenvalue weighted by molar-refractivity contribution is 8.15. The summed E-state index contributed by atoms with van der Waals surface area (Å²) in [6.07, 6.45) is 1.76. The summed E-state index contributed by atoms with van der Waals surface area (Å²) < 4.78 is 0. The molecule has 4 aromatic carbocycles. The largest absolute Gasteiger partial charge is 0.284 e. The predicted molar refractivity (Wildman–Crippen MR) is 131 cm³/mol. The van der Waals surface area contributed by atoms with Crippen LogP contribution in [0.5, 0.6) is 0 Å². The second kappa shape index (κ2) is 8.36. The normalized spacial score (nSPS) is 18.1. The molecule has 0 saturated carbocycles. The first-order valence-electron chi connectivity index (χ1n) is 10.2. The van der Waals surface area contributed by atoms with Crippen LogP contribution in [0.4, 0.5) is 0 Å². The summed E-state index contributed by atoms with van der Waals surface area (Å²) in [6.45, 7) is 2.40. The summed E-state index contributed by atoms with van der Waals surface area (Å²) in [6, 6.07) is 28.7. The van der Waals surface area contributed by atoms with Gasteiger partial charge in [-0.1, -0.05) is 96.7 Å². The Kier molecular flexibility index (Phi) is 5.26. The molecule has 4 nitrogen and oxygen atoms in total. The molecule has 0 bridgehead atoms. The van der Waals surface area contributed by atoms with Crippen LogP contribution in [-0.2, 0) is 11.3 Å². The molecular formula is C26H21N3OS. The number of hydrogen-bond donors (Lipinski definition) is 0. The van der Waals surface area contributed by atoms with E-state index in [9.17, 15) is 4.79 Å². The first kappa shape index (κ1) is 19.5. The van der Waals surface area contributed by atoms with Gasteiger partial charge in [0.2, 0.25) is 5.91 Å². The molecule has 0 radical (unpaired) electrons. The zero-order chi connectivity index (χ0) is 21.2. The number of hydrogen-bond acceptors (Lipinski definition) is 4. The topological polar surface area (TPSA) is 45.0 Å². The summed E-state index contributed by atoms with van der Waals surface area (Å²) >= 11 is 1.46. The number of carbonyl (C=O) groups is 1. The average molecular weight is 424 g/mol. The molecule has 1 aliphatic heterocycles. The van der Waals surface area contributed by atoms with Crippen LogP contribution in [0.25, 0.3) is 21.5 Å². The molecule has 1 amide bonds. The van der Waals surface area contributed by atoms with E-state index in [0.717, 1.165) is 27.3 Å². The smallest absolute Gasteiger partial charge is 0.242 e. The molecule has 5 heteroatoms. The molecule has 1 heterocycles. The summed E-state index contributed by atoms with van der Waals surface area (Å²) in [5.41, 5.74) is 2.11. The Morgan fingerprint density at radius 2 is 1.52 bits per heavy atom. The van der Waals surface area contributed by atoms with Gasteiger partial charge >= 0.3 is 0 Å². The van der Waals surface area contributed by atoms with Gasteiger partial charge in [-0.3, -0.25) is 9.69 Å². The number of rotatable bonds is 4. The number of fused-ring (bicyclic) bond motifs is 2. The molecule has 0 N–H and O–H groups in total. The number of thioether (sulfide) groups is 1. The van der Waals surface area contributed by atoms with Gasteiger partial charge in [0.25, 0.3) is 0 Å². The minimum Gasteiger partial charge on any atom is -0.284 e. The Morgan fingerprint density at radius 1 is 0.871 bits per heavy atom. The van der Waals surface area contributed by atoms with Crippen LogP contribution in [0.15, 0.2) is 95.1 Å². The average Bonchev–Trinajstić information content (AvgIpc) is 3.07. The zero-order valence-corrected chi connectivity index (χ0v) is 17.9. The highest BCUT2D eigenvalue weighted by Crippen LogP contribution is 2.30. The van der Waals surface area contributed by atoms with Gasteiger partial charge in [0.05, 0.1) is 18.0 Å². The van der Waals surface area contributed by atoms with Crippen molar-refractivity contribution in [2.45, 2.75) is 18.7 Å². The van der Waals surface area contributed by atoms with Crippen molar-refractivity contribution in [3.63, 3.8) is 0 Å². The van der Waals surface area contributed by atoms with E-state index >= 15 is 0 Å². The summed E-state index contributed by atoms with van der Waals surface area (Å²) in [5, 5.41) is 13.9. The van der Waals surface area contributed by atoms with Crippen LogP contribution < -0.4 is 0 Å². The molecule has 152 valence electrons. The van der Waals surface area contributed by atoms with Gasteiger partial charge in [-0.05, 0) is 34.0 Å². The van der Waals surface area contributed by atoms with Gasteiger partial charge in [0.15, 0.2) is 5.17 Å². The Hall–Kier alpha value is -3.44. The Bertz CT molecular complexity index is 1330. The van der Waals surface area contributed by atoms with Gasteiger partial charge in [-0.15, -0.1) is 5.10 Å². The van der Waals surface area contributed by atoms with Crippen LogP contribution in [0.3, 0.4) is 0 Å². The highest BCUT2D eigenvalue weighted by Gasteiger charge is 2.35. The Labute approximate surface area is 185 Å². The number of benzene rings is 4. The van der Waals surface area contributed by atoms with Crippen LogP contribution >= 0.6 is 11.8 Å². The van der Waals surface area contributed by atoms with Gasteiger partial charge in [-0.2, -0.15) is 5.10 Å². The third-order valence-electron chi connectivity index (χ3n) is 5.50. The molecule has 0 spiro atoms. The van der Waals surface area contributed by atoms with E-state index in [1.165, 1.54) is 17.1 Å². The van der Waals surface area contributed by atoms with Crippen molar-refractivity contribution in [2.75, 3.05) is 0 Å². The van der Waals surface area contributed by atoms with Gasteiger partial charge in [0.1, 0.15) is 0 Å². The zero-order valence-electron chi connectivity index (χ0n) is 17.1. The van der Waals surface area contributed by atoms with Crippen LogP contribution in [0.2, 0.25) is 0 Å². The number of carbonyl (C=O) groups excluding carboxylic acids is 1. The Balaban J connectivity index is 1.45. The van der Waals surface area contributed by atoms with Crippen molar-refractivity contribution in [1.82, 2.24) is 4.90 Å². The second-order valence-corrected chi connectivity index (χ2v) is 8.83. The van der Waals surface area contributed by atoms with Crippen LogP contribution in [-0.4, -0.2) is 27.4 Å². The minimum atomic E-state index is -0.165. The molecule has 0 unspecified atom stereocenters. The number of nitrogens with zero attached hydrogens (tertiary/aromatic N) is 3. The molecule has 31 heavy (non-hydrogen) atoms. The lowest BCUT2D eigenvalue weighted by molar-refractivity contribution is -0.126. The lowest BCUT2D eigenvalue weighted by atomic mass is 10.0. The van der Waals surface area contributed by atoms with Crippen molar-refractivity contribution in [3.05, 3.63) is 96.1 Å². The molecule has 1 fully saturated rings. The van der Waals surface area contributed by atoms with Gasteiger partial charge in [-0.25, -0.2) is 0 Å². The van der Waals surface area contributed by atoms with Crippen molar-refractivity contribution < 1.29 is 4.79 Å². The monoisotopic (exact) mass is 423 g/mol. The van der Waals surface area contributed by atoms with Crippen molar-refractivity contribution in [3.8, 4) is 0 Å². The molecular weight excluding hydrogens is 402 g/mol. The van der Waals surface area contributed by atoms with Crippen LogP contribution in [0.1, 0.15) is 18.1 Å². The molecule has 1 atom stereocenters. The molecule has 1 saturated heterocycles. The van der Waals surface area contributed by atoms with E-state index in [-0.39, 0.29) is 11.2 Å². The van der Waals surface area contributed by atoms with Gasteiger partial charge in [0, 0.05) is 5.56 Å². The summed E-state index contributed by atoms with van der Waals surface area (Å²) in [5.74, 6) is 0.0667. The number of amides is 1. The van der Waals surface area contributed by atoms with E-state index in [4.69, 9.17) is 0 Å². The lowest BCUT2D eigenvalue weighted by Gasteiger charge is -2.17. The maximum absolute atomic E-state index is 12.8. The van der Waals surface area contributed by atoms with E-state index < -0.39 is 0 Å². The first-order valence-corrected chi connectivity index (χ1v) is 11.1. The fourth-order valence-corrected chi connectivity index (χ4v) is 4.83. The SMILES string of the molecule is C[C@H]1S/C(=N/N=C\c2cccc3ccccc23)N(Cc2cccc3ccccc23)C1=O. The fraction of sp³-hybridized carbons (Fsp3) is 0.115. The molecule has 1 aliphatic rings. The molecule has 0 aromatic heterocycles. The van der Waals surface area contributed by atoms with E-state index in [0.29, 0.717) is 11.7 Å². The predicted octanol–water partition coefficient (Wildman–Crippen LogP) is 5.85. The maximum Gasteiger partial charge on any atom is 0.242 e. The van der Waals surface area contributed by atoms with Crippen LogP contribution in [0, 0.1) is 0 Å². The first-order chi connectivity index (χ1) is 15.2. The molecule has 5 rings (SSSR count). The number of amidine groups is 1. The van der Waals surface area contributed by atoms with Gasteiger partial charge < -0.3 is 0 Å². The highest BCUT2D eigenvalue weighted by atomic mass is 32.2. The van der Waals surface area contributed by atoms with Crippen molar-refractivity contribution >= 4 is 50.6 Å². The van der Waals surface area contributed by atoms with E-state index in [1.807, 2.05) is 49.4 Å². The lowest BCUT2D eigenvalue weighted by Crippen LogP contribution is -2.30. The standard InChI is InChI=1S/C26H21N3OS/c1-18-25(30)29(17-22-13-7-11-20-9-3-5-15-24(20)22)26(31-18)28-27-16-21-12-6-10-19-8-2-4-14-23(19)21/h2-16,18H,17H2,1H3/b27-16-,28-26+/t18-/m1/s1. The third-order valence-corrected chi connectivity index (χ3v) is 6.57. The van der Waals surface area contributed by atoms with E-state index in [1.54, 1.807) is 11.1 Å². The summed E-state index contributed by atoms with van der Waals surface area (Å²) in [7, 11) is 0. The van der Waals surface area contributed by atoms with Crippen molar-refractivity contribution in [1.29, 1.82) is 0 Å². The molecule has 0 aliphatic carbocycles. The minimum absolute atomic E-state index is 0.0667. The van der Waals surface area contributed by atoms with E-state index in [2.05, 4.69) is 52.7 Å². The summed E-state index contributed by atoms with van der Waals surface area (Å²) in [4.78, 5) is 14.6. The fourth-order valence-electron chi connectivity index (χ4n) is 3.91.